The molecule has 2 aromatic rings. The minimum absolute atomic E-state index is 0.0519. The van der Waals surface area contributed by atoms with Gasteiger partial charge in [-0.05, 0) is 42.8 Å². The van der Waals surface area contributed by atoms with Crippen LogP contribution in [0, 0.1) is 24.1 Å². The SMILES string of the molecule is Cc1c(OCc2cc(F)cc(C#N)c2)cccc1C(=O)O. The van der Waals surface area contributed by atoms with E-state index in [1.807, 2.05) is 6.07 Å². The van der Waals surface area contributed by atoms with E-state index in [0.29, 0.717) is 16.9 Å². The number of rotatable bonds is 4. The highest BCUT2D eigenvalue weighted by Gasteiger charge is 2.11. The molecule has 106 valence electrons. The largest absolute Gasteiger partial charge is 0.489 e. The number of halogens is 1. The van der Waals surface area contributed by atoms with Crippen molar-refractivity contribution in [2.24, 2.45) is 0 Å². The molecule has 0 aliphatic carbocycles. The lowest BCUT2D eigenvalue weighted by Gasteiger charge is -2.11. The zero-order chi connectivity index (χ0) is 15.4. The number of hydrogen-bond donors (Lipinski definition) is 1. The Balaban J connectivity index is 2.21. The van der Waals surface area contributed by atoms with Crippen LogP contribution in [0.1, 0.15) is 27.0 Å². The van der Waals surface area contributed by atoms with Crippen molar-refractivity contribution in [2.75, 3.05) is 0 Å². The van der Waals surface area contributed by atoms with Crippen LogP contribution in [0.3, 0.4) is 0 Å². The van der Waals surface area contributed by atoms with Gasteiger partial charge in [0, 0.05) is 5.56 Å². The number of carboxylic acids is 1. The average molecular weight is 285 g/mol. The Labute approximate surface area is 121 Å². The first-order valence-electron chi connectivity index (χ1n) is 6.16. The smallest absolute Gasteiger partial charge is 0.336 e. The van der Waals surface area contributed by atoms with Crippen LogP contribution in [0.4, 0.5) is 4.39 Å². The molecule has 0 radical (unpaired) electrons. The molecule has 5 heteroatoms. The molecule has 0 aliphatic rings. The highest BCUT2D eigenvalue weighted by Crippen LogP contribution is 2.22. The van der Waals surface area contributed by atoms with Crippen molar-refractivity contribution in [3.8, 4) is 11.8 Å². The van der Waals surface area contributed by atoms with Crippen molar-refractivity contribution < 1.29 is 19.0 Å². The molecule has 0 spiro atoms. The zero-order valence-corrected chi connectivity index (χ0v) is 11.3. The van der Waals surface area contributed by atoms with Crippen molar-refractivity contribution in [1.29, 1.82) is 5.26 Å². The first-order chi connectivity index (χ1) is 10.0. The number of carbonyl (C=O) groups is 1. The first-order valence-corrected chi connectivity index (χ1v) is 6.16. The Kier molecular flexibility index (Phi) is 4.19. The van der Waals surface area contributed by atoms with Crippen molar-refractivity contribution in [3.05, 3.63) is 64.5 Å². The average Bonchev–Trinajstić information content (AvgIpc) is 2.45. The third kappa shape index (κ3) is 3.37. The molecule has 0 atom stereocenters. The Morgan fingerprint density at radius 3 is 2.81 bits per heavy atom. The molecule has 0 amide bonds. The van der Waals surface area contributed by atoms with Gasteiger partial charge in [-0.1, -0.05) is 6.07 Å². The Morgan fingerprint density at radius 2 is 2.14 bits per heavy atom. The molecule has 0 bridgehead atoms. The summed E-state index contributed by atoms with van der Waals surface area (Å²) in [6.45, 7) is 1.70. The maximum absolute atomic E-state index is 13.3. The number of benzene rings is 2. The second-order valence-corrected chi connectivity index (χ2v) is 4.48. The van der Waals surface area contributed by atoms with Gasteiger partial charge >= 0.3 is 5.97 Å². The number of nitrogens with zero attached hydrogens (tertiary/aromatic N) is 1. The van der Waals surface area contributed by atoms with Crippen LogP contribution in [0.15, 0.2) is 36.4 Å². The molecule has 2 aromatic carbocycles. The summed E-state index contributed by atoms with van der Waals surface area (Å²) in [7, 11) is 0. The minimum Gasteiger partial charge on any atom is -0.489 e. The summed E-state index contributed by atoms with van der Waals surface area (Å²) in [5.41, 5.74) is 1.38. The molecule has 0 aliphatic heterocycles. The first kappa shape index (κ1) is 14.5. The van der Waals surface area contributed by atoms with Gasteiger partial charge in [-0.25, -0.2) is 9.18 Å². The maximum atomic E-state index is 13.3. The second-order valence-electron chi connectivity index (χ2n) is 4.48. The predicted molar refractivity (Wildman–Crippen MR) is 73.6 cm³/mol. The van der Waals surface area contributed by atoms with Crippen LogP contribution in [0.2, 0.25) is 0 Å². The fraction of sp³-hybridized carbons (Fsp3) is 0.125. The molecule has 1 N–H and O–H groups in total. The summed E-state index contributed by atoms with van der Waals surface area (Å²) < 4.78 is 18.8. The summed E-state index contributed by atoms with van der Waals surface area (Å²) >= 11 is 0. The summed E-state index contributed by atoms with van der Waals surface area (Å²) in [5, 5.41) is 17.8. The van der Waals surface area contributed by atoms with E-state index in [1.165, 1.54) is 18.2 Å². The van der Waals surface area contributed by atoms with Crippen LogP contribution < -0.4 is 4.74 Å². The molecule has 0 unspecified atom stereocenters. The predicted octanol–water partition coefficient (Wildman–Crippen LogP) is 3.28. The van der Waals surface area contributed by atoms with E-state index < -0.39 is 11.8 Å². The number of nitriles is 1. The highest BCUT2D eigenvalue weighted by atomic mass is 19.1. The number of carboxylic acid groups (broad SMARTS) is 1. The Hall–Kier alpha value is -2.87. The van der Waals surface area contributed by atoms with Crippen LogP contribution in [0.5, 0.6) is 5.75 Å². The lowest BCUT2D eigenvalue weighted by Crippen LogP contribution is -2.03. The van der Waals surface area contributed by atoms with Gasteiger partial charge in [0.05, 0.1) is 17.2 Å². The standard InChI is InChI=1S/C16H12FNO3/c1-10-14(16(19)20)3-2-4-15(10)21-9-12-5-11(8-18)6-13(17)7-12/h2-7H,9H2,1H3,(H,19,20). The lowest BCUT2D eigenvalue weighted by molar-refractivity contribution is 0.0695. The monoisotopic (exact) mass is 285 g/mol. The molecule has 21 heavy (non-hydrogen) atoms. The van der Waals surface area contributed by atoms with Crippen molar-refractivity contribution in [2.45, 2.75) is 13.5 Å². The molecule has 4 nitrogen and oxygen atoms in total. The van der Waals surface area contributed by atoms with Gasteiger partial charge in [-0.3, -0.25) is 0 Å². The van der Waals surface area contributed by atoms with Crippen LogP contribution in [0.25, 0.3) is 0 Å². The summed E-state index contributed by atoms with van der Waals surface area (Å²) in [4.78, 5) is 11.0. The van der Waals surface area contributed by atoms with Gasteiger partial charge in [0.15, 0.2) is 0 Å². The quantitative estimate of drug-likeness (QED) is 0.935. The van der Waals surface area contributed by atoms with Gasteiger partial charge < -0.3 is 9.84 Å². The molecular formula is C16H12FNO3. The normalized spacial score (nSPS) is 9.95. The molecule has 0 aromatic heterocycles. The summed E-state index contributed by atoms with van der Waals surface area (Å²) in [6.07, 6.45) is 0. The van der Waals surface area contributed by atoms with E-state index >= 15 is 0 Å². The summed E-state index contributed by atoms with van der Waals surface area (Å²) in [6, 6.07) is 10.5. The Bertz CT molecular complexity index is 735. The maximum Gasteiger partial charge on any atom is 0.336 e. The summed E-state index contributed by atoms with van der Waals surface area (Å²) in [5.74, 6) is -1.13. The van der Waals surface area contributed by atoms with Crippen molar-refractivity contribution in [1.82, 2.24) is 0 Å². The third-order valence-electron chi connectivity index (χ3n) is 3.00. The zero-order valence-electron chi connectivity index (χ0n) is 11.3. The van der Waals surface area contributed by atoms with Crippen molar-refractivity contribution >= 4 is 5.97 Å². The second kappa shape index (κ2) is 6.06. The van der Waals surface area contributed by atoms with E-state index in [4.69, 9.17) is 15.1 Å². The minimum atomic E-state index is -1.03. The molecule has 0 saturated heterocycles. The van der Waals surface area contributed by atoms with Gasteiger partial charge in [-0.15, -0.1) is 0 Å². The van der Waals surface area contributed by atoms with Crippen LogP contribution >= 0.6 is 0 Å². The molecule has 0 fully saturated rings. The van der Waals surface area contributed by atoms with E-state index in [-0.39, 0.29) is 17.7 Å². The molecule has 0 heterocycles. The topological polar surface area (TPSA) is 70.3 Å². The van der Waals surface area contributed by atoms with E-state index in [9.17, 15) is 9.18 Å². The number of aromatic carboxylic acids is 1. The van der Waals surface area contributed by atoms with Gasteiger partial charge in [0.25, 0.3) is 0 Å². The highest BCUT2D eigenvalue weighted by molar-refractivity contribution is 5.90. The van der Waals surface area contributed by atoms with Gasteiger partial charge in [0.1, 0.15) is 18.2 Å². The third-order valence-corrected chi connectivity index (χ3v) is 3.00. The number of ether oxygens (including phenoxy) is 1. The Morgan fingerprint density at radius 1 is 1.38 bits per heavy atom. The fourth-order valence-electron chi connectivity index (χ4n) is 1.96. The fourth-order valence-corrected chi connectivity index (χ4v) is 1.96. The van der Waals surface area contributed by atoms with Gasteiger partial charge in [0.2, 0.25) is 0 Å². The van der Waals surface area contributed by atoms with E-state index in [0.717, 1.165) is 6.07 Å². The van der Waals surface area contributed by atoms with E-state index in [1.54, 1.807) is 19.1 Å². The van der Waals surface area contributed by atoms with Gasteiger partial charge in [-0.2, -0.15) is 5.26 Å². The van der Waals surface area contributed by atoms with Crippen molar-refractivity contribution in [3.63, 3.8) is 0 Å². The molecule has 0 saturated carbocycles. The van der Waals surface area contributed by atoms with Crippen LogP contribution in [-0.2, 0) is 6.61 Å². The molecule has 2 rings (SSSR count). The van der Waals surface area contributed by atoms with Crippen LogP contribution in [-0.4, -0.2) is 11.1 Å². The van der Waals surface area contributed by atoms with E-state index in [2.05, 4.69) is 0 Å². The lowest BCUT2D eigenvalue weighted by atomic mass is 10.1. The number of hydrogen-bond acceptors (Lipinski definition) is 3. The molecular weight excluding hydrogens is 273 g/mol.